The second kappa shape index (κ2) is 5.72. The zero-order valence-corrected chi connectivity index (χ0v) is 11.1. The highest BCUT2D eigenvalue weighted by atomic mass is 16.3. The van der Waals surface area contributed by atoms with Gasteiger partial charge in [-0.25, -0.2) is 0 Å². The van der Waals surface area contributed by atoms with Crippen molar-refractivity contribution in [1.29, 1.82) is 0 Å². The lowest BCUT2D eigenvalue weighted by molar-refractivity contribution is 0.282. The summed E-state index contributed by atoms with van der Waals surface area (Å²) in [6.07, 6.45) is 1.99. The van der Waals surface area contributed by atoms with Crippen LogP contribution in [0.2, 0.25) is 0 Å². The van der Waals surface area contributed by atoms with E-state index >= 15 is 0 Å². The molecular weight excluding hydrogens is 248 g/mol. The summed E-state index contributed by atoms with van der Waals surface area (Å²) >= 11 is 0. The van der Waals surface area contributed by atoms with Crippen molar-refractivity contribution in [1.82, 2.24) is 9.78 Å². The summed E-state index contributed by atoms with van der Waals surface area (Å²) in [5.74, 6) is 0. The van der Waals surface area contributed by atoms with Gasteiger partial charge in [-0.1, -0.05) is 54.6 Å². The molecule has 0 amide bonds. The number of rotatable bonds is 4. The zero-order chi connectivity index (χ0) is 13.8. The molecule has 0 aliphatic carbocycles. The third kappa shape index (κ3) is 2.78. The summed E-state index contributed by atoms with van der Waals surface area (Å²) in [6.45, 7) is 0.818. The van der Waals surface area contributed by atoms with Crippen molar-refractivity contribution in [3.05, 3.63) is 78.0 Å². The second-order valence-electron chi connectivity index (χ2n) is 4.74. The molecule has 0 saturated carbocycles. The Morgan fingerprint density at radius 3 is 2.25 bits per heavy atom. The van der Waals surface area contributed by atoms with Gasteiger partial charge in [-0.3, -0.25) is 4.68 Å². The Kier molecular flexibility index (Phi) is 3.61. The number of hydrogen-bond acceptors (Lipinski definition) is 2. The number of benzene rings is 2. The molecule has 3 aromatic rings. The average molecular weight is 264 g/mol. The molecule has 1 N–H and O–H groups in total. The maximum absolute atomic E-state index is 9.03. The van der Waals surface area contributed by atoms with Crippen molar-refractivity contribution in [2.24, 2.45) is 0 Å². The van der Waals surface area contributed by atoms with Crippen LogP contribution in [0.25, 0.3) is 11.3 Å². The summed E-state index contributed by atoms with van der Waals surface area (Å²) in [5.41, 5.74) is 4.21. The van der Waals surface area contributed by atoms with Gasteiger partial charge in [-0.2, -0.15) is 5.10 Å². The van der Waals surface area contributed by atoms with Gasteiger partial charge in [0.05, 0.1) is 18.8 Å². The third-order valence-corrected chi connectivity index (χ3v) is 3.26. The Morgan fingerprint density at radius 1 is 0.850 bits per heavy atom. The molecule has 0 radical (unpaired) electrons. The minimum absolute atomic E-state index is 0.0835. The molecule has 0 atom stereocenters. The van der Waals surface area contributed by atoms with E-state index in [1.54, 1.807) is 0 Å². The number of aromatic nitrogens is 2. The highest BCUT2D eigenvalue weighted by Crippen LogP contribution is 2.16. The van der Waals surface area contributed by atoms with Crippen LogP contribution in [-0.4, -0.2) is 14.9 Å². The molecule has 20 heavy (non-hydrogen) atoms. The highest BCUT2D eigenvalue weighted by molar-refractivity contribution is 5.58. The number of aliphatic hydroxyl groups is 1. The van der Waals surface area contributed by atoms with Gasteiger partial charge in [0, 0.05) is 11.8 Å². The lowest BCUT2D eigenvalue weighted by atomic mass is 10.1. The Bertz CT molecular complexity index is 672. The van der Waals surface area contributed by atoms with Crippen LogP contribution in [0.4, 0.5) is 0 Å². The molecule has 1 heterocycles. The van der Waals surface area contributed by atoms with Crippen molar-refractivity contribution < 1.29 is 5.11 Å². The van der Waals surface area contributed by atoms with E-state index in [2.05, 4.69) is 17.2 Å². The molecule has 0 aliphatic heterocycles. The van der Waals surface area contributed by atoms with Crippen LogP contribution in [0.5, 0.6) is 0 Å². The molecule has 0 unspecified atom stereocenters. The first kappa shape index (κ1) is 12.6. The molecule has 0 fully saturated rings. The molecule has 3 rings (SSSR count). The van der Waals surface area contributed by atoms with Gasteiger partial charge in [0.1, 0.15) is 0 Å². The second-order valence-corrected chi connectivity index (χ2v) is 4.74. The molecule has 0 aliphatic rings. The summed E-state index contributed by atoms with van der Waals surface area (Å²) in [7, 11) is 0. The van der Waals surface area contributed by atoms with E-state index in [9.17, 15) is 0 Å². The van der Waals surface area contributed by atoms with Crippen molar-refractivity contribution in [3.8, 4) is 11.3 Å². The maximum atomic E-state index is 9.03. The fourth-order valence-electron chi connectivity index (χ4n) is 2.15. The molecule has 1 aromatic heterocycles. The normalized spacial score (nSPS) is 10.7. The molecule has 3 heteroatoms. The predicted molar refractivity (Wildman–Crippen MR) is 79.1 cm³/mol. The monoisotopic (exact) mass is 264 g/mol. The van der Waals surface area contributed by atoms with Crippen LogP contribution in [-0.2, 0) is 13.2 Å². The molecule has 2 aromatic carbocycles. The van der Waals surface area contributed by atoms with E-state index in [1.165, 1.54) is 5.56 Å². The van der Waals surface area contributed by atoms with Crippen LogP contribution < -0.4 is 0 Å². The Morgan fingerprint density at radius 2 is 1.55 bits per heavy atom. The van der Waals surface area contributed by atoms with Gasteiger partial charge in [0.2, 0.25) is 0 Å². The lowest BCUT2D eigenvalue weighted by Crippen LogP contribution is -2.00. The minimum Gasteiger partial charge on any atom is -0.392 e. The maximum Gasteiger partial charge on any atom is 0.0923 e. The fourth-order valence-corrected chi connectivity index (χ4v) is 2.15. The van der Waals surface area contributed by atoms with E-state index in [-0.39, 0.29) is 6.61 Å². The van der Waals surface area contributed by atoms with Gasteiger partial charge >= 0.3 is 0 Å². The van der Waals surface area contributed by atoms with Crippen molar-refractivity contribution in [3.63, 3.8) is 0 Å². The smallest absolute Gasteiger partial charge is 0.0923 e. The standard InChI is InChI=1S/C17H16N2O/c20-13-15-8-6-14(7-9-15)12-19-11-10-17(18-19)16-4-2-1-3-5-16/h1-11,20H,12-13H2. The highest BCUT2D eigenvalue weighted by Gasteiger charge is 2.02. The molecule has 3 nitrogen and oxygen atoms in total. The molecule has 0 spiro atoms. The van der Waals surface area contributed by atoms with Gasteiger partial charge in [-0.15, -0.1) is 0 Å². The quantitative estimate of drug-likeness (QED) is 0.786. The van der Waals surface area contributed by atoms with E-state index in [4.69, 9.17) is 5.11 Å². The molecule has 100 valence electrons. The van der Waals surface area contributed by atoms with E-state index in [1.807, 2.05) is 59.4 Å². The van der Waals surface area contributed by atoms with Gasteiger partial charge in [0.25, 0.3) is 0 Å². The molecule has 0 bridgehead atoms. The van der Waals surface area contributed by atoms with Crippen molar-refractivity contribution in [2.45, 2.75) is 13.2 Å². The first-order chi connectivity index (χ1) is 9.85. The van der Waals surface area contributed by atoms with Gasteiger partial charge in [-0.05, 0) is 17.2 Å². The van der Waals surface area contributed by atoms with Crippen LogP contribution in [0, 0.1) is 0 Å². The Labute approximate surface area is 118 Å². The van der Waals surface area contributed by atoms with Gasteiger partial charge in [0.15, 0.2) is 0 Å². The SMILES string of the molecule is OCc1ccc(Cn2ccc(-c3ccccc3)n2)cc1. The summed E-state index contributed by atoms with van der Waals surface area (Å²) in [6, 6.07) is 20.1. The average Bonchev–Trinajstić information content (AvgIpc) is 2.97. The van der Waals surface area contributed by atoms with Gasteiger partial charge < -0.3 is 5.11 Å². The van der Waals surface area contributed by atoms with Crippen molar-refractivity contribution in [2.75, 3.05) is 0 Å². The van der Waals surface area contributed by atoms with Crippen LogP contribution >= 0.6 is 0 Å². The fraction of sp³-hybridized carbons (Fsp3) is 0.118. The Hall–Kier alpha value is -2.39. The topological polar surface area (TPSA) is 38.0 Å². The largest absolute Gasteiger partial charge is 0.392 e. The van der Waals surface area contributed by atoms with Crippen LogP contribution in [0.1, 0.15) is 11.1 Å². The third-order valence-electron chi connectivity index (χ3n) is 3.26. The number of hydrogen-bond donors (Lipinski definition) is 1. The zero-order valence-electron chi connectivity index (χ0n) is 11.1. The van der Waals surface area contributed by atoms with Crippen LogP contribution in [0.3, 0.4) is 0 Å². The molecular formula is C17H16N2O. The number of nitrogens with zero attached hydrogens (tertiary/aromatic N) is 2. The first-order valence-electron chi connectivity index (χ1n) is 6.63. The Balaban J connectivity index is 1.77. The summed E-state index contributed by atoms with van der Waals surface area (Å²) in [4.78, 5) is 0. The summed E-state index contributed by atoms with van der Waals surface area (Å²) in [5, 5.41) is 13.6. The van der Waals surface area contributed by atoms with Crippen molar-refractivity contribution >= 4 is 0 Å². The van der Waals surface area contributed by atoms with Crippen LogP contribution in [0.15, 0.2) is 66.9 Å². The minimum atomic E-state index is 0.0835. The first-order valence-corrected chi connectivity index (χ1v) is 6.63. The lowest BCUT2D eigenvalue weighted by Gasteiger charge is -2.03. The van der Waals surface area contributed by atoms with E-state index in [0.717, 1.165) is 23.4 Å². The number of aliphatic hydroxyl groups excluding tert-OH is 1. The van der Waals surface area contributed by atoms with E-state index in [0.29, 0.717) is 0 Å². The van der Waals surface area contributed by atoms with E-state index < -0.39 is 0 Å². The molecule has 0 saturated heterocycles. The summed E-state index contributed by atoms with van der Waals surface area (Å²) < 4.78 is 1.93. The predicted octanol–water partition coefficient (Wildman–Crippen LogP) is 3.09.